The second-order valence-electron chi connectivity index (χ2n) is 5.03. The van der Waals surface area contributed by atoms with Gasteiger partial charge in [-0.25, -0.2) is 0 Å². The van der Waals surface area contributed by atoms with Crippen molar-refractivity contribution in [1.82, 2.24) is 5.32 Å². The van der Waals surface area contributed by atoms with Gasteiger partial charge in [0.05, 0.1) is 10.5 Å². The molecule has 0 fully saturated rings. The third-order valence-electron chi connectivity index (χ3n) is 3.33. The second-order valence-corrected chi connectivity index (χ2v) is 5.03. The number of phenols is 1. The number of unbranched alkanes of at least 4 members (excludes halogenated alkanes) is 1. The zero-order valence-electron chi connectivity index (χ0n) is 12.5. The van der Waals surface area contributed by atoms with E-state index in [0.29, 0.717) is 0 Å². The number of carbonyl (C=O) groups excluding carboxylic acids is 1. The average molecular weight is 294 g/mol. The zero-order chi connectivity index (χ0) is 15.8. The largest absolute Gasteiger partial charge is 0.502 e. The first-order valence-corrected chi connectivity index (χ1v) is 7.28. The summed E-state index contributed by atoms with van der Waals surface area (Å²) in [6.45, 7) is 4.12. The molecule has 1 rings (SSSR count). The third kappa shape index (κ3) is 4.73. The van der Waals surface area contributed by atoms with E-state index in [1.54, 1.807) is 0 Å². The van der Waals surface area contributed by atoms with Crippen LogP contribution in [0.1, 0.15) is 56.3 Å². The molecule has 0 aromatic heterocycles. The van der Waals surface area contributed by atoms with Crippen LogP contribution in [0, 0.1) is 10.1 Å². The molecular formula is C15H22N2O4. The fourth-order valence-corrected chi connectivity index (χ4v) is 2.21. The van der Waals surface area contributed by atoms with E-state index in [1.807, 2.05) is 6.92 Å². The summed E-state index contributed by atoms with van der Waals surface area (Å²) >= 11 is 0. The predicted molar refractivity (Wildman–Crippen MR) is 80.4 cm³/mol. The monoisotopic (exact) mass is 294 g/mol. The Hall–Kier alpha value is -2.11. The number of nitrogens with one attached hydrogen (secondary N) is 1. The van der Waals surface area contributed by atoms with Crippen LogP contribution in [0.5, 0.6) is 5.75 Å². The first-order chi connectivity index (χ1) is 10.0. The van der Waals surface area contributed by atoms with Crippen molar-refractivity contribution in [1.29, 1.82) is 0 Å². The van der Waals surface area contributed by atoms with Crippen LogP contribution in [0.4, 0.5) is 5.69 Å². The molecule has 0 spiro atoms. The lowest BCUT2D eigenvalue weighted by Crippen LogP contribution is -2.34. The summed E-state index contributed by atoms with van der Waals surface area (Å²) in [6, 6.07) is 3.99. The molecule has 1 unspecified atom stereocenters. The van der Waals surface area contributed by atoms with E-state index < -0.39 is 22.3 Å². The Balaban J connectivity index is 2.87. The molecule has 21 heavy (non-hydrogen) atoms. The smallest absolute Gasteiger partial charge is 0.311 e. The van der Waals surface area contributed by atoms with Crippen LogP contribution in [0.2, 0.25) is 0 Å². The minimum absolute atomic E-state index is 0.0288. The number of carbonyl (C=O) groups is 1. The Kier molecular flexibility index (Phi) is 6.65. The van der Waals surface area contributed by atoms with E-state index in [2.05, 4.69) is 12.2 Å². The van der Waals surface area contributed by atoms with Crippen molar-refractivity contribution in [3.8, 4) is 5.75 Å². The summed E-state index contributed by atoms with van der Waals surface area (Å²) < 4.78 is 0. The molecule has 1 atom stereocenters. The van der Waals surface area contributed by atoms with Gasteiger partial charge in [-0.3, -0.25) is 14.9 Å². The highest BCUT2D eigenvalue weighted by atomic mass is 16.6. The van der Waals surface area contributed by atoms with Gasteiger partial charge in [0.2, 0.25) is 5.75 Å². The van der Waals surface area contributed by atoms with E-state index in [-0.39, 0.29) is 11.6 Å². The molecule has 0 saturated carbocycles. The number of hydrogen-bond acceptors (Lipinski definition) is 4. The molecule has 2 N–H and O–H groups in total. The van der Waals surface area contributed by atoms with Gasteiger partial charge in [0, 0.05) is 12.1 Å². The minimum atomic E-state index is -0.702. The van der Waals surface area contributed by atoms with Crippen molar-refractivity contribution >= 4 is 11.6 Å². The highest BCUT2D eigenvalue weighted by Gasteiger charge is 2.22. The Morgan fingerprint density at radius 2 is 2.05 bits per heavy atom. The van der Waals surface area contributed by atoms with E-state index in [4.69, 9.17) is 0 Å². The van der Waals surface area contributed by atoms with Gasteiger partial charge in [0.1, 0.15) is 0 Å². The Morgan fingerprint density at radius 3 is 2.62 bits per heavy atom. The predicted octanol–water partition coefficient (Wildman–Crippen LogP) is 3.39. The Labute approximate surface area is 124 Å². The van der Waals surface area contributed by atoms with Crippen LogP contribution < -0.4 is 5.32 Å². The standard InChI is InChI=1S/C15H22N2O4/c1-3-5-8-11(7-4-2)16-15(19)12-9-6-10-13(14(12)18)17(20)21/h6,9-11,18H,3-5,7-8H2,1-2H3,(H,16,19). The lowest BCUT2D eigenvalue weighted by Gasteiger charge is -2.18. The lowest BCUT2D eigenvalue weighted by atomic mass is 10.0. The summed E-state index contributed by atoms with van der Waals surface area (Å²) in [5, 5.41) is 23.5. The number of nitro benzene ring substituents is 1. The SMILES string of the molecule is CCCCC(CCC)NC(=O)c1cccc([N+](=O)[O-])c1O. The van der Waals surface area contributed by atoms with Gasteiger partial charge in [-0.2, -0.15) is 0 Å². The van der Waals surface area contributed by atoms with E-state index in [1.165, 1.54) is 18.2 Å². The van der Waals surface area contributed by atoms with Crippen molar-refractivity contribution in [3.05, 3.63) is 33.9 Å². The fourth-order valence-electron chi connectivity index (χ4n) is 2.21. The molecule has 6 heteroatoms. The van der Waals surface area contributed by atoms with Crippen LogP contribution in [0.3, 0.4) is 0 Å². The van der Waals surface area contributed by atoms with Crippen molar-refractivity contribution in [2.45, 2.75) is 52.0 Å². The summed E-state index contributed by atoms with van der Waals surface area (Å²) in [4.78, 5) is 22.3. The average Bonchev–Trinajstić information content (AvgIpc) is 2.44. The van der Waals surface area contributed by atoms with E-state index in [9.17, 15) is 20.0 Å². The molecule has 1 aromatic carbocycles. The molecule has 0 aliphatic carbocycles. The first kappa shape index (κ1) is 16.9. The Morgan fingerprint density at radius 1 is 1.33 bits per heavy atom. The second kappa shape index (κ2) is 8.24. The summed E-state index contributed by atoms with van der Waals surface area (Å²) in [5.41, 5.74) is -0.509. The maximum absolute atomic E-state index is 12.2. The molecule has 6 nitrogen and oxygen atoms in total. The van der Waals surface area contributed by atoms with Gasteiger partial charge in [0.25, 0.3) is 5.91 Å². The fraction of sp³-hybridized carbons (Fsp3) is 0.533. The van der Waals surface area contributed by atoms with Crippen LogP contribution in [-0.4, -0.2) is 22.0 Å². The van der Waals surface area contributed by atoms with Gasteiger partial charge in [-0.15, -0.1) is 0 Å². The van der Waals surface area contributed by atoms with Crippen LogP contribution in [-0.2, 0) is 0 Å². The van der Waals surface area contributed by atoms with Crippen molar-refractivity contribution in [2.24, 2.45) is 0 Å². The number of hydrogen-bond donors (Lipinski definition) is 2. The number of amides is 1. The molecule has 1 amide bonds. The summed E-state index contributed by atoms with van der Waals surface area (Å²) in [6.07, 6.45) is 4.70. The van der Waals surface area contributed by atoms with Gasteiger partial charge in [-0.05, 0) is 18.9 Å². The molecule has 0 aliphatic rings. The van der Waals surface area contributed by atoms with E-state index in [0.717, 1.165) is 32.1 Å². The molecule has 116 valence electrons. The quantitative estimate of drug-likeness (QED) is 0.567. The number of para-hydroxylation sites is 1. The van der Waals surface area contributed by atoms with Crippen molar-refractivity contribution in [2.75, 3.05) is 0 Å². The number of phenolic OH excluding ortho intramolecular Hbond substituents is 1. The highest BCUT2D eigenvalue weighted by Crippen LogP contribution is 2.29. The summed E-state index contributed by atoms with van der Waals surface area (Å²) in [7, 11) is 0. The van der Waals surface area contributed by atoms with Crippen LogP contribution in [0.25, 0.3) is 0 Å². The number of benzene rings is 1. The van der Waals surface area contributed by atoms with Crippen LogP contribution >= 0.6 is 0 Å². The first-order valence-electron chi connectivity index (χ1n) is 7.28. The lowest BCUT2D eigenvalue weighted by molar-refractivity contribution is -0.385. The normalized spacial score (nSPS) is 11.9. The minimum Gasteiger partial charge on any atom is -0.502 e. The Bertz CT molecular complexity index is 502. The van der Waals surface area contributed by atoms with Gasteiger partial charge in [0.15, 0.2) is 0 Å². The van der Waals surface area contributed by atoms with Gasteiger partial charge < -0.3 is 10.4 Å². The topological polar surface area (TPSA) is 92.5 Å². The molecular weight excluding hydrogens is 272 g/mol. The molecule has 0 bridgehead atoms. The van der Waals surface area contributed by atoms with Gasteiger partial charge >= 0.3 is 5.69 Å². The summed E-state index contributed by atoms with van der Waals surface area (Å²) in [5.74, 6) is -1.04. The molecule has 0 saturated heterocycles. The van der Waals surface area contributed by atoms with Crippen molar-refractivity contribution in [3.63, 3.8) is 0 Å². The number of nitro groups is 1. The number of aromatic hydroxyl groups is 1. The van der Waals surface area contributed by atoms with Gasteiger partial charge in [-0.1, -0.05) is 39.2 Å². The molecule has 0 heterocycles. The highest BCUT2D eigenvalue weighted by molar-refractivity contribution is 5.98. The zero-order valence-corrected chi connectivity index (χ0v) is 12.5. The molecule has 0 radical (unpaired) electrons. The number of rotatable bonds is 8. The van der Waals surface area contributed by atoms with Crippen LogP contribution in [0.15, 0.2) is 18.2 Å². The maximum Gasteiger partial charge on any atom is 0.311 e. The van der Waals surface area contributed by atoms with Crippen molar-refractivity contribution < 1.29 is 14.8 Å². The molecule has 1 aromatic rings. The third-order valence-corrected chi connectivity index (χ3v) is 3.33. The molecule has 0 aliphatic heterocycles. The maximum atomic E-state index is 12.2. The van der Waals surface area contributed by atoms with E-state index >= 15 is 0 Å². The number of nitrogens with zero attached hydrogens (tertiary/aromatic N) is 1.